The van der Waals surface area contributed by atoms with Crippen molar-refractivity contribution in [3.05, 3.63) is 58.0 Å². The largest absolute Gasteiger partial charge is 0.497 e. The Bertz CT molecular complexity index is 1100. The summed E-state index contributed by atoms with van der Waals surface area (Å²) in [6.45, 7) is 1.80. The van der Waals surface area contributed by atoms with E-state index in [2.05, 4.69) is 5.32 Å². The van der Waals surface area contributed by atoms with Gasteiger partial charge in [-0.05, 0) is 61.6 Å². The number of fused-ring (bicyclic) bond motifs is 4. The lowest BCUT2D eigenvalue weighted by Gasteiger charge is -2.43. The van der Waals surface area contributed by atoms with Crippen LogP contribution in [-0.4, -0.2) is 41.5 Å². The monoisotopic (exact) mass is 449 g/mol. The first-order valence-electron chi connectivity index (χ1n) is 12.0. The van der Waals surface area contributed by atoms with E-state index in [4.69, 9.17) is 4.74 Å². The van der Waals surface area contributed by atoms with E-state index < -0.39 is 0 Å². The molecular weight excluding hydrogens is 418 g/mol. The van der Waals surface area contributed by atoms with Crippen LogP contribution >= 0.6 is 0 Å². The number of hydrogen-bond acceptors (Lipinski definition) is 4. The fourth-order valence-electron chi connectivity index (χ4n) is 5.72. The van der Waals surface area contributed by atoms with Crippen LogP contribution in [0.5, 0.6) is 5.75 Å². The molecule has 2 aromatic rings. The van der Waals surface area contributed by atoms with Crippen molar-refractivity contribution >= 4 is 17.5 Å². The summed E-state index contributed by atoms with van der Waals surface area (Å²) in [6, 6.07) is 10.9. The lowest BCUT2D eigenvalue weighted by atomic mass is 9.83. The molecule has 2 fully saturated rings. The molecule has 2 amide bonds. The fraction of sp³-hybridized carbons (Fsp3) is 0.500. The Morgan fingerprint density at radius 2 is 1.73 bits per heavy atom. The number of aromatic nitrogens is 1. The number of hydrogen-bond donors (Lipinski definition) is 1. The van der Waals surface area contributed by atoms with E-state index in [1.165, 1.54) is 6.42 Å². The second-order valence-electron chi connectivity index (χ2n) is 9.65. The Balaban J connectivity index is 1.32. The zero-order valence-electron chi connectivity index (χ0n) is 19.1. The number of methoxy groups -OCH3 is 1. The molecule has 0 spiro atoms. The molecule has 1 N–H and O–H groups in total. The summed E-state index contributed by atoms with van der Waals surface area (Å²) < 4.78 is 7.01. The molecule has 0 unspecified atom stereocenters. The quantitative estimate of drug-likeness (QED) is 0.773. The van der Waals surface area contributed by atoms with Crippen molar-refractivity contribution in [2.45, 2.75) is 51.0 Å². The number of pyridine rings is 1. The molecule has 1 aromatic heterocycles. The molecule has 174 valence electrons. The van der Waals surface area contributed by atoms with Crippen LogP contribution in [-0.2, 0) is 11.3 Å². The predicted molar refractivity (Wildman–Crippen MR) is 126 cm³/mol. The number of likely N-dealkylation sites (tertiary alicyclic amines) is 1. The van der Waals surface area contributed by atoms with Gasteiger partial charge in [0.05, 0.1) is 7.11 Å². The second kappa shape index (κ2) is 9.04. The minimum absolute atomic E-state index is 0.0103. The van der Waals surface area contributed by atoms with Crippen LogP contribution in [0.4, 0.5) is 5.69 Å². The van der Waals surface area contributed by atoms with E-state index in [0.29, 0.717) is 30.9 Å². The molecule has 2 bridgehead atoms. The Hall–Kier alpha value is -3.09. The van der Waals surface area contributed by atoms with Crippen LogP contribution in [0.15, 0.2) is 41.2 Å². The molecule has 2 aliphatic heterocycles. The molecule has 1 saturated carbocycles. The number of anilines is 1. The summed E-state index contributed by atoms with van der Waals surface area (Å²) in [7, 11) is 1.61. The van der Waals surface area contributed by atoms with Gasteiger partial charge in [0.15, 0.2) is 0 Å². The number of ether oxygens (including phenoxy) is 1. The summed E-state index contributed by atoms with van der Waals surface area (Å²) in [5.74, 6) is 1.06. The van der Waals surface area contributed by atoms with Crippen molar-refractivity contribution < 1.29 is 14.3 Å². The van der Waals surface area contributed by atoms with Gasteiger partial charge in [0.25, 0.3) is 11.5 Å². The minimum Gasteiger partial charge on any atom is -0.497 e. The zero-order valence-corrected chi connectivity index (χ0v) is 19.1. The number of nitrogens with zero attached hydrogens (tertiary/aromatic N) is 2. The maximum atomic E-state index is 13.2. The van der Waals surface area contributed by atoms with Gasteiger partial charge in [-0.25, -0.2) is 0 Å². The molecule has 2 atom stereocenters. The van der Waals surface area contributed by atoms with Crippen LogP contribution in [0, 0.1) is 11.8 Å². The second-order valence-corrected chi connectivity index (χ2v) is 9.65. The molecule has 1 aromatic carbocycles. The van der Waals surface area contributed by atoms with Gasteiger partial charge in [-0.2, -0.15) is 0 Å². The predicted octanol–water partition coefficient (Wildman–Crippen LogP) is 3.64. The van der Waals surface area contributed by atoms with Crippen LogP contribution < -0.4 is 15.6 Å². The van der Waals surface area contributed by atoms with E-state index in [1.54, 1.807) is 37.4 Å². The molecule has 1 aliphatic carbocycles. The summed E-state index contributed by atoms with van der Waals surface area (Å²) in [4.78, 5) is 40.9. The normalized spacial score (nSPS) is 22.4. The van der Waals surface area contributed by atoms with Crippen molar-refractivity contribution in [3.8, 4) is 5.75 Å². The molecule has 3 heterocycles. The highest BCUT2D eigenvalue weighted by Gasteiger charge is 2.37. The number of rotatable bonds is 4. The van der Waals surface area contributed by atoms with Crippen LogP contribution in [0.3, 0.4) is 0 Å². The lowest BCUT2D eigenvalue weighted by Crippen LogP contribution is -2.49. The van der Waals surface area contributed by atoms with Crippen molar-refractivity contribution in [1.29, 1.82) is 0 Å². The Morgan fingerprint density at radius 3 is 2.45 bits per heavy atom. The standard InChI is InChI=1S/C26H31N3O4/c1-33-21-9-7-19(8-10-21)25(31)28-14-17-13-20(16-28)23-12-11-22(26(32)29(23)15-17)27-24(30)18-5-3-2-4-6-18/h7-12,17-18,20H,2-6,13-16H2,1H3,(H,27,30)/t17-,20-/m1/s1. The minimum atomic E-state index is -0.124. The summed E-state index contributed by atoms with van der Waals surface area (Å²) in [5.41, 5.74) is 1.86. The summed E-state index contributed by atoms with van der Waals surface area (Å²) in [5, 5.41) is 2.91. The van der Waals surface area contributed by atoms with Crippen molar-refractivity contribution in [3.63, 3.8) is 0 Å². The van der Waals surface area contributed by atoms with Crippen molar-refractivity contribution in [1.82, 2.24) is 9.47 Å². The highest BCUT2D eigenvalue weighted by Crippen LogP contribution is 2.36. The number of piperidine rings is 1. The van der Waals surface area contributed by atoms with E-state index in [1.807, 2.05) is 15.5 Å². The molecule has 5 rings (SSSR count). The third-order valence-corrected chi connectivity index (χ3v) is 7.46. The van der Waals surface area contributed by atoms with Gasteiger partial charge in [-0.1, -0.05) is 19.3 Å². The van der Waals surface area contributed by atoms with Crippen LogP contribution in [0.2, 0.25) is 0 Å². The Kier molecular flexibility index (Phi) is 5.96. The molecule has 7 heteroatoms. The topological polar surface area (TPSA) is 80.6 Å². The van der Waals surface area contributed by atoms with Gasteiger partial charge in [-0.15, -0.1) is 0 Å². The first-order chi connectivity index (χ1) is 16.0. The average Bonchev–Trinajstić information content (AvgIpc) is 2.86. The maximum absolute atomic E-state index is 13.2. The van der Waals surface area contributed by atoms with Gasteiger partial charge in [0.1, 0.15) is 11.4 Å². The van der Waals surface area contributed by atoms with Gasteiger partial charge in [-0.3, -0.25) is 14.4 Å². The van der Waals surface area contributed by atoms with E-state index >= 15 is 0 Å². The first-order valence-corrected chi connectivity index (χ1v) is 12.0. The lowest BCUT2D eigenvalue weighted by molar-refractivity contribution is -0.120. The fourth-order valence-corrected chi connectivity index (χ4v) is 5.72. The SMILES string of the molecule is COc1ccc(C(=O)N2C[C@H]3C[C@H](C2)c2ccc(NC(=O)C4CCCCC4)c(=O)n2C3)cc1. The number of nitrogens with one attached hydrogen (secondary N) is 1. The number of amides is 2. The third kappa shape index (κ3) is 4.28. The molecule has 33 heavy (non-hydrogen) atoms. The summed E-state index contributed by atoms with van der Waals surface area (Å²) in [6.07, 6.45) is 6.12. The Labute approximate surface area is 193 Å². The highest BCUT2D eigenvalue weighted by atomic mass is 16.5. The van der Waals surface area contributed by atoms with Gasteiger partial charge < -0.3 is 19.5 Å². The molecule has 3 aliphatic rings. The number of carbonyl (C=O) groups excluding carboxylic acids is 2. The highest BCUT2D eigenvalue weighted by molar-refractivity contribution is 5.94. The van der Waals surface area contributed by atoms with Crippen molar-refractivity contribution in [2.24, 2.45) is 11.8 Å². The third-order valence-electron chi connectivity index (χ3n) is 7.46. The van der Waals surface area contributed by atoms with E-state index in [-0.39, 0.29) is 35.1 Å². The smallest absolute Gasteiger partial charge is 0.274 e. The number of benzene rings is 1. The van der Waals surface area contributed by atoms with Gasteiger partial charge in [0.2, 0.25) is 5.91 Å². The maximum Gasteiger partial charge on any atom is 0.274 e. The van der Waals surface area contributed by atoms with E-state index in [0.717, 1.165) is 43.5 Å². The number of carbonyl (C=O) groups is 2. The van der Waals surface area contributed by atoms with Crippen molar-refractivity contribution in [2.75, 3.05) is 25.5 Å². The van der Waals surface area contributed by atoms with Gasteiger partial charge in [0, 0.05) is 42.7 Å². The summed E-state index contributed by atoms with van der Waals surface area (Å²) >= 11 is 0. The first kappa shape index (κ1) is 21.7. The molecule has 1 saturated heterocycles. The van der Waals surface area contributed by atoms with Gasteiger partial charge >= 0.3 is 0 Å². The molecule has 0 radical (unpaired) electrons. The Morgan fingerprint density at radius 1 is 0.970 bits per heavy atom. The van der Waals surface area contributed by atoms with Crippen LogP contribution in [0.25, 0.3) is 0 Å². The average molecular weight is 450 g/mol. The molecule has 7 nitrogen and oxygen atoms in total. The van der Waals surface area contributed by atoms with Crippen LogP contribution in [0.1, 0.15) is 60.5 Å². The molecular formula is C26H31N3O4. The zero-order chi connectivity index (χ0) is 22.9. The van der Waals surface area contributed by atoms with E-state index in [9.17, 15) is 14.4 Å².